The van der Waals surface area contributed by atoms with Crippen LogP contribution in [-0.2, 0) is 28.5 Å². The fourth-order valence-corrected chi connectivity index (χ4v) is 0.944. The molecule has 0 aliphatic heterocycles. The molecule has 0 heterocycles. The number of carbonyl (C=O) groups is 2. The van der Waals surface area contributed by atoms with Crippen molar-refractivity contribution in [2.75, 3.05) is 39.6 Å². The van der Waals surface area contributed by atoms with Crippen molar-refractivity contribution in [2.45, 2.75) is 26.7 Å². The first-order chi connectivity index (χ1) is 8.70. The lowest BCUT2D eigenvalue weighted by molar-refractivity contribution is -0.152. The quantitative estimate of drug-likeness (QED) is 0.407. The lowest BCUT2D eigenvalue weighted by atomic mass is 10.5. The van der Waals surface area contributed by atoms with Crippen molar-refractivity contribution in [2.24, 2.45) is 0 Å². The van der Waals surface area contributed by atoms with Gasteiger partial charge in [0.05, 0.1) is 26.4 Å². The molecule has 0 unspecified atom stereocenters. The second-order valence-electron chi connectivity index (χ2n) is 3.55. The van der Waals surface area contributed by atoms with E-state index in [1.807, 2.05) is 13.8 Å². The predicted octanol–water partition coefficient (Wildman–Crippen LogP) is 0.926. The summed E-state index contributed by atoms with van der Waals surface area (Å²) < 4.78 is 19.6. The zero-order chi connectivity index (χ0) is 13.6. The Labute approximate surface area is 108 Å². The maximum Gasteiger partial charge on any atom is 0.332 e. The van der Waals surface area contributed by atoms with Crippen LogP contribution in [0.25, 0.3) is 0 Å². The summed E-state index contributed by atoms with van der Waals surface area (Å²) in [5.41, 5.74) is 0. The Kier molecular flexibility index (Phi) is 11.5. The highest BCUT2D eigenvalue weighted by atomic mass is 16.6. The normalized spacial score (nSPS) is 10.1. The number of hydrogen-bond donors (Lipinski definition) is 0. The van der Waals surface area contributed by atoms with Crippen molar-refractivity contribution < 1.29 is 28.5 Å². The van der Waals surface area contributed by atoms with Gasteiger partial charge in [-0.2, -0.15) is 0 Å². The Morgan fingerprint density at radius 1 is 0.722 bits per heavy atom. The third-order valence-corrected chi connectivity index (χ3v) is 1.75. The zero-order valence-electron chi connectivity index (χ0n) is 11.1. The average Bonchev–Trinajstić information content (AvgIpc) is 2.37. The van der Waals surface area contributed by atoms with Crippen LogP contribution in [0.3, 0.4) is 0 Å². The van der Waals surface area contributed by atoms with E-state index in [9.17, 15) is 9.59 Å². The second-order valence-corrected chi connectivity index (χ2v) is 3.55. The largest absolute Gasteiger partial charge is 0.464 e. The van der Waals surface area contributed by atoms with E-state index in [0.29, 0.717) is 13.2 Å². The van der Waals surface area contributed by atoms with Gasteiger partial charge in [0.1, 0.15) is 13.2 Å². The van der Waals surface area contributed by atoms with Crippen LogP contribution in [0.4, 0.5) is 0 Å². The Hall–Kier alpha value is -1.14. The van der Waals surface area contributed by atoms with E-state index in [4.69, 9.17) is 18.9 Å². The van der Waals surface area contributed by atoms with Gasteiger partial charge in [-0.15, -0.1) is 0 Å². The van der Waals surface area contributed by atoms with Gasteiger partial charge in [0.2, 0.25) is 0 Å². The van der Waals surface area contributed by atoms with E-state index in [1.54, 1.807) is 0 Å². The Morgan fingerprint density at radius 2 is 1.11 bits per heavy atom. The van der Waals surface area contributed by atoms with Crippen LogP contribution in [0.5, 0.6) is 0 Å². The van der Waals surface area contributed by atoms with Crippen molar-refractivity contribution in [3.63, 3.8) is 0 Å². The first-order valence-electron chi connectivity index (χ1n) is 6.17. The van der Waals surface area contributed by atoms with Gasteiger partial charge < -0.3 is 18.9 Å². The van der Waals surface area contributed by atoms with Crippen LogP contribution in [0.15, 0.2) is 0 Å². The van der Waals surface area contributed by atoms with Crippen molar-refractivity contribution in [3.05, 3.63) is 0 Å². The maximum absolute atomic E-state index is 11.0. The molecule has 6 heteroatoms. The Balaban J connectivity index is 3.25. The number of hydrogen-bond acceptors (Lipinski definition) is 6. The van der Waals surface area contributed by atoms with Crippen LogP contribution in [0.1, 0.15) is 26.7 Å². The highest BCUT2D eigenvalue weighted by Gasteiger charge is 2.03. The Bertz CT molecular complexity index is 205. The van der Waals surface area contributed by atoms with Crippen LogP contribution >= 0.6 is 0 Å². The molecule has 0 spiro atoms. The minimum absolute atomic E-state index is 0.0936. The third kappa shape index (κ3) is 11.3. The number of carbonyl (C=O) groups excluding carboxylic acids is 2. The van der Waals surface area contributed by atoms with Crippen molar-refractivity contribution in [1.82, 2.24) is 0 Å². The van der Waals surface area contributed by atoms with Gasteiger partial charge >= 0.3 is 11.9 Å². The molecule has 0 rings (SSSR count). The lowest BCUT2D eigenvalue weighted by Crippen LogP contribution is -2.18. The monoisotopic (exact) mass is 262 g/mol. The van der Waals surface area contributed by atoms with Gasteiger partial charge in [-0.3, -0.25) is 0 Å². The summed E-state index contributed by atoms with van der Waals surface area (Å²) in [6.45, 7) is 4.93. The summed E-state index contributed by atoms with van der Waals surface area (Å²) >= 11 is 0. The fourth-order valence-electron chi connectivity index (χ4n) is 0.944. The summed E-state index contributed by atoms with van der Waals surface area (Å²) in [6, 6.07) is 0. The van der Waals surface area contributed by atoms with E-state index >= 15 is 0 Å². The van der Waals surface area contributed by atoms with Crippen LogP contribution in [0, 0.1) is 0 Å². The highest BCUT2D eigenvalue weighted by Crippen LogP contribution is 1.87. The van der Waals surface area contributed by atoms with Gasteiger partial charge in [0.15, 0.2) is 0 Å². The van der Waals surface area contributed by atoms with E-state index in [2.05, 4.69) is 0 Å². The first kappa shape index (κ1) is 16.9. The molecule has 18 heavy (non-hydrogen) atoms. The minimum atomic E-state index is -0.390. The number of rotatable bonds is 11. The van der Waals surface area contributed by atoms with Crippen molar-refractivity contribution in [1.29, 1.82) is 0 Å². The molecule has 0 saturated heterocycles. The predicted molar refractivity (Wildman–Crippen MR) is 64.1 cm³/mol. The maximum atomic E-state index is 11.0. The summed E-state index contributed by atoms with van der Waals surface area (Å²) in [7, 11) is 0. The lowest BCUT2D eigenvalue weighted by Gasteiger charge is -2.06. The molecule has 0 aromatic rings. The average molecular weight is 262 g/mol. The fraction of sp³-hybridized carbons (Fsp3) is 0.833. The summed E-state index contributed by atoms with van der Waals surface area (Å²) in [5.74, 6) is -0.779. The molecule has 0 saturated carbocycles. The molecule has 106 valence electrons. The SMILES string of the molecule is CCCOC(=O)COCCOCC(=O)OCCC. The zero-order valence-corrected chi connectivity index (χ0v) is 11.1. The third-order valence-electron chi connectivity index (χ3n) is 1.75. The number of ether oxygens (including phenoxy) is 4. The summed E-state index contributed by atoms with van der Waals surface area (Å²) in [4.78, 5) is 22.0. The molecule has 0 aromatic heterocycles. The highest BCUT2D eigenvalue weighted by molar-refractivity contribution is 5.71. The molecule has 0 aromatic carbocycles. The molecule has 0 radical (unpaired) electrons. The van der Waals surface area contributed by atoms with Crippen molar-refractivity contribution >= 4 is 11.9 Å². The van der Waals surface area contributed by atoms with Crippen molar-refractivity contribution in [3.8, 4) is 0 Å². The molecule has 0 amide bonds. The second kappa shape index (κ2) is 12.3. The molecule has 0 aliphatic carbocycles. The Morgan fingerprint density at radius 3 is 1.44 bits per heavy atom. The molecular formula is C12H22O6. The molecule has 0 atom stereocenters. The minimum Gasteiger partial charge on any atom is -0.464 e. The molecule has 0 aliphatic rings. The van der Waals surface area contributed by atoms with Crippen LogP contribution in [-0.4, -0.2) is 51.6 Å². The molecule has 0 fully saturated rings. The number of esters is 2. The van der Waals surface area contributed by atoms with Gasteiger partial charge in [-0.05, 0) is 12.8 Å². The van der Waals surface area contributed by atoms with Gasteiger partial charge in [-0.25, -0.2) is 9.59 Å². The van der Waals surface area contributed by atoms with Gasteiger partial charge in [0, 0.05) is 0 Å². The van der Waals surface area contributed by atoms with Gasteiger partial charge in [0.25, 0.3) is 0 Å². The first-order valence-corrected chi connectivity index (χ1v) is 6.17. The molecule has 0 N–H and O–H groups in total. The van der Waals surface area contributed by atoms with Crippen LogP contribution < -0.4 is 0 Å². The topological polar surface area (TPSA) is 71.1 Å². The summed E-state index contributed by atoms with van der Waals surface area (Å²) in [5, 5.41) is 0. The van der Waals surface area contributed by atoms with Crippen LogP contribution in [0.2, 0.25) is 0 Å². The van der Waals surface area contributed by atoms with E-state index in [1.165, 1.54) is 0 Å². The molecule has 6 nitrogen and oxygen atoms in total. The standard InChI is InChI=1S/C12H22O6/c1-3-5-17-11(13)9-15-7-8-16-10-12(14)18-6-4-2/h3-10H2,1-2H3. The molecule has 0 bridgehead atoms. The summed E-state index contributed by atoms with van der Waals surface area (Å²) in [6.07, 6.45) is 1.57. The van der Waals surface area contributed by atoms with E-state index in [0.717, 1.165) is 12.8 Å². The van der Waals surface area contributed by atoms with E-state index in [-0.39, 0.29) is 38.4 Å². The van der Waals surface area contributed by atoms with Gasteiger partial charge in [-0.1, -0.05) is 13.8 Å². The van der Waals surface area contributed by atoms with E-state index < -0.39 is 0 Å². The smallest absolute Gasteiger partial charge is 0.332 e. The molecular weight excluding hydrogens is 240 g/mol.